The highest BCUT2D eigenvalue weighted by molar-refractivity contribution is 5.41. The van der Waals surface area contributed by atoms with Crippen LogP contribution in [0.15, 0.2) is 48.5 Å². The summed E-state index contributed by atoms with van der Waals surface area (Å²) in [5.41, 5.74) is 5.64. The summed E-state index contributed by atoms with van der Waals surface area (Å²) in [4.78, 5) is 0. The molecule has 1 nitrogen and oxygen atoms in total. The van der Waals surface area contributed by atoms with Gasteiger partial charge in [0.1, 0.15) is 0 Å². The number of aryl methyl sites for hydroxylation is 1. The van der Waals surface area contributed by atoms with Crippen LogP contribution in [0.2, 0.25) is 0 Å². The van der Waals surface area contributed by atoms with Gasteiger partial charge in [-0.3, -0.25) is 0 Å². The summed E-state index contributed by atoms with van der Waals surface area (Å²) in [6, 6.07) is 18.6. The first kappa shape index (κ1) is 13.4. The van der Waals surface area contributed by atoms with Crippen LogP contribution in [0.5, 0.6) is 0 Å². The van der Waals surface area contributed by atoms with E-state index in [-0.39, 0.29) is 0 Å². The van der Waals surface area contributed by atoms with Crippen LogP contribution in [0, 0.1) is 12.8 Å². The Balaban J connectivity index is 2.05. The number of benzene rings is 2. The van der Waals surface area contributed by atoms with Crippen molar-refractivity contribution in [3.05, 3.63) is 70.8 Å². The third kappa shape index (κ3) is 2.51. The highest BCUT2D eigenvalue weighted by atomic mass is 15.0. The second kappa shape index (κ2) is 5.41. The first-order valence-electron chi connectivity index (χ1n) is 7.55. The molecular weight excluding hydrogens is 242 g/mol. The van der Waals surface area contributed by atoms with E-state index in [1.54, 1.807) is 0 Å². The van der Waals surface area contributed by atoms with Crippen molar-refractivity contribution in [1.82, 2.24) is 5.32 Å². The maximum atomic E-state index is 3.85. The normalized spacial score (nSPS) is 21.8. The summed E-state index contributed by atoms with van der Waals surface area (Å²) in [5.74, 6) is 0.649. The van der Waals surface area contributed by atoms with Crippen LogP contribution in [0.1, 0.15) is 42.1 Å². The third-order valence-corrected chi connectivity index (χ3v) is 4.37. The molecular formula is C19H23N. The standard InChI is InChI=1S/C19H23N/c1-13(2)18-12-15-8-4-5-10-17(15)19(20-18)16-9-6-7-14(3)11-16/h4-11,13,18-20H,12H2,1-3H3. The van der Waals surface area contributed by atoms with Crippen LogP contribution in [0.25, 0.3) is 0 Å². The highest BCUT2D eigenvalue weighted by Crippen LogP contribution is 2.32. The van der Waals surface area contributed by atoms with Crippen LogP contribution >= 0.6 is 0 Å². The lowest BCUT2D eigenvalue weighted by atomic mass is 9.83. The maximum Gasteiger partial charge on any atom is 0.0581 e. The summed E-state index contributed by atoms with van der Waals surface area (Å²) in [6.07, 6.45) is 1.14. The van der Waals surface area contributed by atoms with Gasteiger partial charge < -0.3 is 5.32 Å². The van der Waals surface area contributed by atoms with Crippen molar-refractivity contribution in [1.29, 1.82) is 0 Å². The van der Waals surface area contributed by atoms with Gasteiger partial charge in [0.05, 0.1) is 6.04 Å². The minimum Gasteiger partial charge on any atom is -0.303 e. The van der Waals surface area contributed by atoms with Crippen molar-refractivity contribution >= 4 is 0 Å². The molecule has 0 amide bonds. The zero-order chi connectivity index (χ0) is 14.1. The van der Waals surface area contributed by atoms with Crippen molar-refractivity contribution in [3.8, 4) is 0 Å². The molecule has 3 rings (SSSR count). The Morgan fingerprint density at radius 2 is 1.85 bits per heavy atom. The van der Waals surface area contributed by atoms with Gasteiger partial charge in [-0.15, -0.1) is 0 Å². The molecule has 104 valence electrons. The second-order valence-electron chi connectivity index (χ2n) is 6.27. The molecule has 0 radical (unpaired) electrons. The summed E-state index contributed by atoms with van der Waals surface area (Å²) in [7, 11) is 0. The van der Waals surface area contributed by atoms with Crippen LogP contribution in [0.4, 0.5) is 0 Å². The van der Waals surface area contributed by atoms with Crippen molar-refractivity contribution in [2.24, 2.45) is 5.92 Å². The zero-order valence-corrected chi connectivity index (χ0v) is 12.6. The van der Waals surface area contributed by atoms with E-state index in [1.807, 2.05) is 0 Å². The lowest BCUT2D eigenvalue weighted by Crippen LogP contribution is -2.43. The summed E-state index contributed by atoms with van der Waals surface area (Å²) in [5, 5.41) is 3.85. The molecule has 2 aromatic rings. The summed E-state index contributed by atoms with van der Waals surface area (Å²) in [6.45, 7) is 6.77. The van der Waals surface area contributed by atoms with E-state index in [0.717, 1.165) is 6.42 Å². The number of rotatable bonds is 2. The zero-order valence-electron chi connectivity index (χ0n) is 12.6. The molecule has 20 heavy (non-hydrogen) atoms. The van der Waals surface area contributed by atoms with Gasteiger partial charge in [-0.1, -0.05) is 67.9 Å². The van der Waals surface area contributed by atoms with E-state index in [4.69, 9.17) is 0 Å². The van der Waals surface area contributed by atoms with Crippen molar-refractivity contribution < 1.29 is 0 Å². The Morgan fingerprint density at radius 1 is 1.05 bits per heavy atom. The van der Waals surface area contributed by atoms with Crippen molar-refractivity contribution in [2.45, 2.75) is 39.3 Å². The molecule has 2 aromatic carbocycles. The van der Waals surface area contributed by atoms with E-state index < -0.39 is 0 Å². The molecule has 2 unspecified atom stereocenters. The van der Waals surface area contributed by atoms with Gasteiger partial charge in [0.15, 0.2) is 0 Å². The molecule has 1 N–H and O–H groups in total. The lowest BCUT2D eigenvalue weighted by molar-refractivity contribution is 0.352. The minimum atomic E-state index is 0.326. The number of hydrogen-bond acceptors (Lipinski definition) is 1. The quantitative estimate of drug-likeness (QED) is 0.855. The van der Waals surface area contributed by atoms with Crippen LogP contribution in [-0.4, -0.2) is 6.04 Å². The van der Waals surface area contributed by atoms with E-state index in [0.29, 0.717) is 18.0 Å². The average Bonchev–Trinajstić information content (AvgIpc) is 2.46. The number of fused-ring (bicyclic) bond motifs is 1. The highest BCUT2D eigenvalue weighted by Gasteiger charge is 2.28. The molecule has 0 fully saturated rings. The summed E-state index contributed by atoms with van der Waals surface area (Å²) < 4.78 is 0. The average molecular weight is 265 g/mol. The molecule has 0 aliphatic carbocycles. The minimum absolute atomic E-state index is 0.326. The molecule has 0 bridgehead atoms. The number of nitrogens with one attached hydrogen (secondary N) is 1. The van der Waals surface area contributed by atoms with Gasteiger partial charge in [-0.2, -0.15) is 0 Å². The largest absolute Gasteiger partial charge is 0.303 e. The molecule has 1 heteroatoms. The van der Waals surface area contributed by atoms with Crippen molar-refractivity contribution in [2.75, 3.05) is 0 Å². The first-order valence-corrected chi connectivity index (χ1v) is 7.55. The van der Waals surface area contributed by atoms with Gasteiger partial charge >= 0.3 is 0 Å². The predicted molar refractivity (Wildman–Crippen MR) is 84.9 cm³/mol. The molecule has 2 atom stereocenters. The topological polar surface area (TPSA) is 12.0 Å². The fourth-order valence-corrected chi connectivity index (χ4v) is 3.16. The molecule has 0 spiro atoms. The molecule has 1 heterocycles. The predicted octanol–water partition coefficient (Wildman–Crippen LogP) is 4.25. The van der Waals surface area contributed by atoms with Crippen molar-refractivity contribution in [3.63, 3.8) is 0 Å². The second-order valence-corrected chi connectivity index (χ2v) is 6.27. The molecule has 1 aliphatic rings. The Kier molecular flexibility index (Phi) is 3.62. The van der Waals surface area contributed by atoms with E-state index in [1.165, 1.54) is 22.3 Å². The van der Waals surface area contributed by atoms with Gasteiger partial charge in [0.2, 0.25) is 0 Å². The third-order valence-electron chi connectivity index (χ3n) is 4.37. The van der Waals surface area contributed by atoms with E-state index in [9.17, 15) is 0 Å². The van der Waals surface area contributed by atoms with Crippen LogP contribution in [0.3, 0.4) is 0 Å². The van der Waals surface area contributed by atoms with Gasteiger partial charge in [0.25, 0.3) is 0 Å². The number of hydrogen-bond donors (Lipinski definition) is 1. The van der Waals surface area contributed by atoms with Crippen LogP contribution in [-0.2, 0) is 6.42 Å². The fourth-order valence-electron chi connectivity index (χ4n) is 3.16. The molecule has 0 aromatic heterocycles. The van der Waals surface area contributed by atoms with Gasteiger partial charge in [0, 0.05) is 6.04 Å². The van der Waals surface area contributed by atoms with E-state index >= 15 is 0 Å². The SMILES string of the molecule is Cc1cccc(C2NC(C(C)C)Cc3ccccc32)c1. The Morgan fingerprint density at radius 3 is 2.60 bits per heavy atom. The Bertz CT molecular complexity index is 600. The maximum absolute atomic E-state index is 3.85. The first-order chi connectivity index (χ1) is 9.65. The fraction of sp³-hybridized carbons (Fsp3) is 0.368. The molecule has 0 saturated carbocycles. The molecule has 0 saturated heterocycles. The summed E-state index contributed by atoms with van der Waals surface area (Å²) >= 11 is 0. The smallest absolute Gasteiger partial charge is 0.0581 e. The van der Waals surface area contributed by atoms with Crippen LogP contribution < -0.4 is 5.32 Å². The van der Waals surface area contributed by atoms with Gasteiger partial charge in [-0.05, 0) is 36.0 Å². The monoisotopic (exact) mass is 265 g/mol. The lowest BCUT2D eigenvalue weighted by Gasteiger charge is -2.35. The Hall–Kier alpha value is -1.60. The van der Waals surface area contributed by atoms with E-state index in [2.05, 4.69) is 74.6 Å². The molecule has 1 aliphatic heterocycles. The Labute approximate surface area is 122 Å². The van der Waals surface area contributed by atoms with Gasteiger partial charge in [-0.25, -0.2) is 0 Å².